The molecule has 1 heterocycles. The monoisotopic (exact) mass is 412 g/mol. The number of hydrogen-bond acceptors (Lipinski definition) is 5. The molecule has 1 saturated heterocycles. The second kappa shape index (κ2) is 10.9. The van der Waals surface area contributed by atoms with Crippen molar-refractivity contribution in [3.63, 3.8) is 0 Å². The second-order valence-electron chi connectivity index (χ2n) is 6.77. The van der Waals surface area contributed by atoms with Crippen molar-refractivity contribution in [1.29, 1.82) is 0 Å². The van der Waals surface area contributed by atoms with Gasteiger partial charge in [-0.1, -0.05) is 18.2 Å². The second-order valence-corrected chi connectivity index (χ2v) is 7.94. The van der Waals surface area contributed by atoms with Crippen LogP contribution in [0.1, 0.15) is 5.56 Å². The quantitative estimate of drug-likeness (QED) is 0.489. The van der Waals surface area contributed by atoms with E-state index in [-0.39, 0.29) is 5.91 Å². The molecule has 2 aromatic carbocycles. The van der Waals surface area contributed by atoms with Gasteiger partial charge in [-0.2, -0.15) is 0 Å². The molecule has 0 unspecified atom stereocenters. The van der Waals surface area contributed by atoms with Gasteiger partial charge in [0.2, 0.25) is 5.91 Å². The van der Waals surface area contributed by atoms with Crippen LogP contribution in [0.4, 0.5) is 0 Å². The van der Waals surface area contributed by atoms with Crippen LogP contribution in [0.15, 0.2) is 59.5 Å². The van der Waals surface area contributed by atoms with Gasteiger partial charge in [0.25, 0.3) is 0 Å². The largest absolute Gasteiger partial charge is 0.497 e. The first-order chi connectivity index (χ1) is 14.2. The molecule has 0 spiro atoms. The van der Waals surface area contributed by atoms with Crippen LogP contribution < -0.4 is 9.47 Å². The van der Waals surface area contributed by atoms with E-state index in [9.17, 15) is 4.79 Å². The van der Waals surface area contributed by atoms with Gasteiger partial charge in [0.1, 0.15) is 11.5 Å². The van der Waals surface area contributed by atoms with Crippen molar-refractivity contribution in [1.82, 2.24) is 9.80 Å². The lowest BCUT2D eigenvalue weighted by molar-refractivity contribution is -0.127. The van der Waals surface area contributed by atoms with Crippen LogP contribution in [-0.4, -0.2) is 68.4 Å². The van der Waals surface area contributed by atoms with Crippen LogP contribution in [-0.2, 0) is 4.79 Å². The molecule has 0 atom stereocenters. The molecule has 154 valence electrons. The zero-order valence-electron chi connectivity index (χ0n) is 17.0. The predicted molar refractivity (Wildman–Crippen MR) is 119 cm³/mol. The summed E-state index contributed by atoms with van der Waals surface area (Å²) in [4.78, 5) is 18.2. The van der Waals surface area contributed by atoms with Crippen molar-refractivity contribution in [3.8, 4) is 11.5 Å². The summed E-state index contributed by atoms with van der Waals surface area (Å²) in [6.07, 6.45) is 3.44. The lowest BCUT2D eigenvalue weighted by Crippen LogP contribution is -2.48. The smallest absolute Gasteiger partial charge is 0.246 e. The number of piperazine rings is 1. The van der Waals surface area contributed by atoms with Crippen LogP contribution in [0.5, 0.6) is 11.5 Å². The fourth-order valence-electron chi connectivity index (χ4n) is 3.22. The zero-order valence-corrected chi connectivity index (χ0v) is 17.9. The summed E-state index contributed by atoms with van der Waals surface area (Å²) < 4.78 is 10.6. The van der Waals surface area contributed by atoms with Gasteiger partial charge in [0.15, 0.2) is 0 Å². The van der Waals surface area contributed by atoms with Gasteiger partial charge in [0.05, 0.1) is 14.2 Å². The first kappa shape index (κ1) is 21.3. The number of rotatable bonds is 8. The maximum Gasteiger partial charge on any atom is 0.246 e. The standard InChI is InChI=1S/C23H28N2O3S/c1-27-20-10-8-19(22(18-20)28-2)9-11-23(26)25-14-12-24(13-15-25)16-17-29-21-6-4-3-5-7-21/h3-11,18H,12-17H2,1-2H3/b11-9+. The number of carbonyl (C=O) groups is 1. The van der Waals surface area contributed by atoms with E-state index in [1.54, 1.807) is 20.3 Å². The molecule has 1 fully saturated rings. The average molecular weight is 413 g/mol. The van der Waals surface area contributed by atoms with Crippen LogP contribution >= 0.6 is 11.8 Å². The molecular weight excluding hydrogens is 384 g/mol. The fraction of sp³-hybridized carbons (Fsp3) is 0.348. The summed E-state index contributed by atoms with van der Waals surface area (Å²) >= 11 is 1.88. The minimum Gasteiger partial charge on any atom is -0.497 e. The van der Waals surface area contributed by atoms with Crippen molar-refractivity contribution in [2.24, 2.45) is 0 Å². The van der Waals surface area contributed by atoms with Gasteiger partial charge >= 0.3 is 0 Å². The topological polar surface area (TPSA) is 42.0 Å². The summed E-state index contributed by atoms with van der Waals surface area (Å²) in [7, 11) is 3.23. The number of ether oxygens (including phenoxy) is 2. The van der Waals surface area contributed by atoms with Gasteiger partial charge in [-0.25, -0.2) is 0 Å². The summed E-state index contributed by atoms with van der Waals surface area (Å²) in [6, 6.07) is 16.0. The van der Waals surface area contributed by atoms with Gasteiger partial charge in [-0.05, 0) is 30.3 Å². The lowest BCUT2D eigenvalue weighted by Gasteiger charge is -2.34. The molecule has 0 radical (unpaired) electrons. The molecule has 1 aliphatic heterocycles. The summed E-state index contributed by atoms with van der Waals surface area (Å²) in [5.41, 5.74) is 0.859. The van der Waals surface area contributed by atoms with Gasteiger partial charge in [0, 0.05) is 61.1 Å². The third kappa shape index (κ3) is 6.27. The van der Waals surface area contributed by atoms with E-state index in [1.165, 1.54) is 4.90 Å². The summed E-state index contributed by atoms with van der Waals surface area (Å²) in [5.74, 6) is 2.52. The van der Waals surface area contributed by atoms with E-state index in [2.05, 4.69) is 29.2 Å². The maximum absolute atomic E-state index is 12.6. The Morgan fingerprint density at radius 1 is 1.03 bits per heavy atom. The Bertz CT molecular complexity index is 818. The Kier molecular flexibility index (Phi) is 8.02. The van der Waals surface area contributed by atoms with Crippen molar-refractivity contribution in [2.75, 3.05) is 52.7 Å². The highest BCUT2D eigenvalue weighted by molar-refractivity contribution is 7.99. The third-order valence-electron chi connectivity index (χ3n) is 4.95. The molecule has 0 N–H and O–H groups in total. The summed E-state index contributed by atoms with van der Waals surface area (Å²) in [5, 5.41) is 0. The number of hydrogen-bond donors (Lipinski definition) is 0. The fourth-order valence-corrected chi connectivity index (χ4v) is 4.16. The van der Waals surface area contributed by atoms with Gasteiger partial charge in [-0.15, -0.1) is 11.8 Å². The Morgan fingerprint density at radius 2 is 1.79 bits per heavy atom. The molecular formula is C23H28N2O3S. The van der Waals surface area contributed by atoms with Crippen LogP contribution in [0.25, 0.3) is 6.08 Å². The molecule has 0 bridgehead atoms. The van der Waals surface area contributed by atoms with Crippen LogP contribution in [0.2, 0.25) is 0 Å². The van der Waals surface area contributed by atoms with Crippen LogP contribution in [0, 0.1) is 0 Å². The van der Waals surface area contributed by atoms with E-state index < -0.39 is 0 Å². The zero-order chi connectivity index (χ0) is 20.5. The Labute approximate surface area is 177 Å². The van der Waals surface area contributed by atoms with Crippen molar-refractivity contribution < 1.29 is 14.3 Å². The normalized spacial score (nSPS) is 14.9. The van der Waals surface area contributed by atoms with E-state index in [0.29, 0.717) is 5.75 Å². The van der Waals surface area contributed by atoms with Gasteiger partial charge < -0.3 is 14.4 Å². The highest BCUT2D eigenvalue weighted by atomic mass is 32.2. The van der Waals surface area contributed by atoms with Crippen LogP contribution in [0.3, 0.4) is 0 Å². The summed E-state index contributed by atoms with van der Waals surface area (Å²) in [6.45, 7) is 4.40. The SMILES string of the molecule is COc1ccc(/C=C/C(=O)N2CCN(CCSc3ccccc3)CC2)c(OC)c1. The number of nitrogens with zero attached hydrogens (tertiary/aromatic N) is 2. The Balaban J connectivity index is 1.44. The Morgan fingerprint density at radius 3 is 2.48 bits per heavy atom. The first-order valence-electron chi connectivity index (χ1n) is 9.79. The first-order valence-corrected chi connectivity index (χ1v) is 10.8. The predicted octanol–water partition coefficient (Wildman–Crippen LogP) is 3.65. The lowest BCUT2D eigenvalue weighted by atomic mass is 10.1. The van der Waals surface area contributed by atoms with Crippen molar-refractivity contribution in [3.05, 3.63) is 60.2 Å². The minimum absolute atomic E-state index is 0.0428. The third-order valence-corrected chi connectivity index (χ3v) is 5.94. The van der Waals surface area contributed by atoms with E-state index >= 15 is 0 Å². The molecule has 6 heteroatoms. The highest BCUT2D eigenvalue weighted by Crippen LogP contribution is 2.25. The van der Waals surface area contributed by atoms with Crippen molar-refractivity contribution >= 4 is 23.7 Å². The molecule has 29 heavy (non-hydrogen) atoms. The molecule has 2 aromatic rings. The van der Waals surface area contributed by atoms with Crippen molar-refractivity contribution in [2.45, 2.75) is 4.90 Å². The average Bonchev–Trinajstić information content (AvgIpc) is 2.78. The number of thioether (sulfide) groups is 1. The molecule has 0 aromatic heterocycles. The maximum atomic E-state index is 12.6. The van der Waals surface area contributed by atoms with E-state index in [4.69, 9.17) is 9.47 Å². The van der Waals surface area contributed by atoms with E-state index in [1.807, 2.05) is 47.0 Å². The molecule has 3 rings (SSSR count). The number of methoxy groups -OCH3 is 2. The van der Waals surface area contributed by atoms with Gasteiger partial charge in [-0.3, -0.25) is 9.69 Å². The Hall–Kier alpha value is -2.44. The minimum atomic E-state index is 0.0428. The molecule has 0 aliphatic carbocycles. The highest BCUT2D eigenvalue weighted by Gasteiger charge is 2.19. The molecule has 1 amide bonds. The molecule has 0 saturated carbocycles. The number of amides is 1. The number of benzene rings is 2. The van der Waals surface area contributed by atoms with E-state index in [0.717, 1.165) is 49.8 Å². The molecule has 1 aliphatic rings. The number of carbonyl (C=O) groups excluding carboxylic acids is 1. The molecule has 5 nitrogen and oxygen atoms in total.